The van der Waals surface area contributed by atoms with Crippen molar-refractivity contribution in [1.29, 1.82) is 0 Å². The summed E-state index contributed by atoms with van der Waals surface area (Å²) in [5.41, 5.74) is 6.40. The predicted molar refractivity (Wildman–Crippen MR) is 72.4 cm³/mol. The van der Waals surface area contributed by atoms with Gasteiger partial charge in [-0.3, -0.25) is 4.79 Å². The first-order valence-electron chi connectivity index (χ1n) is 5.68. The molecular weight excluding hydrogens is 232 g/mol. The summed E-state index contributed by atoms with van der Waals surface area (Å²) in [4.78, 5) is 12.0. The Balaban J connectivity index is 2.09. The maximum absolute atomic E-state index is 12.0. The number of carbonyl (C=O) groups excluding carboxylic acids is 1. The van der Waals surface area contributed by atoms with Crippen LogP contribution >= 0.6 is 11.3 Å². The molecule has 1 aromatic carbocycles. The van der Waals surface area contributed by atoms with Gasteiger partial charge in [-0.05, 0) is 19.4 Å². The van der Waals surface area contributed by atoms with Gasteiger partial charge in [0, 0.05) is 28.1 Å². The second-order valence-corrected chi connectivity index (χ2v) is 5.08. The molecule has 4 heteroatoms. The standard InChI is InChI=1S/C13H16N2OS/c1-9(14)6-7-15-13(16)11-8-17-12-5-3-2-4-10(11)12/h2-5,8-9H,6-7,14H2,1H3,(H,15,16). The highest BCUT2D eigenvalue weighted by Gasteiger charge is 2.11. The van der Waals surface area contributed by atoms with Crippen LogP contribution in [-0.2, 0) is 0 Å². The number of thiophene rings is 1. The topological polar surface area (TPSA) is 55.1 Å². The van der Waals surface area contributed by atoms with Crippen molar-refractivity contribution in [2.45, 2.75) is 19.4 Å². The van der Waals surface area contributed by atoms with Crippen LogP contribution in [0.4, 0.5) is 0 Å². The number of nitrogens with two attached hydrogens (primary N) is 1. The maximum Gasteiger partial charge on any atom is 0.252 e. The Labute approximate surface area is 105 Å². The van der Waals surface area contributed by atoms with E-state index in [0.29, 0.717) is 6.54 Å². The summed E-state index contributed by atoms with van der Waals surface area (Å²) in [6.07, 6.45) is 0.799. The summed E-state index contributed by atoms with van der Waals surface area (Å²) in [7, 11) is 0. The van der Waals surface area contributed by atoms with E-state index in [4.69, 9.17) is 5.73 Å². The number of hydrogen-bond acceptors (Lipinski definition) is 3. The minimum absolute atomic E-state index is 0.0110. The fourth-order valence-corrected chi connectivity index (χ4v) is 2.60. The molecule has 0 bridgehead atoms. The molecule has 1 heterocycles. The Bertz CT molecular complexity index is 519. The molecule has 0 aliphatic heterocycles. The second-order valence-electron chi connectivity index (χ2n) is 4.17. The normalized spacial score (nSPS) is 12.6. The van der Waals surface area contributed by atoms with Gasteiger partial charge >= 0.3 is 0 Å². The van der Waals surface area contributed by atoms with E-state index < -0.39 is 0 Å². The Morgan fingerprint density at radius 3 is 3.00 bits per heavy atom. The smallest absolute Gasteiger partial charge is 0.252 e. The predicted octanol–water partition coefficient (Wildman–Crippen LogP) is 2.37. The van der Waals surface area contributed by atoms with Crippen molar-refractivity contribution < 1.29 is 4.79 Å². The molecule has 90 valence electrons. The SMILES string of the molecule is CC(N)CCNC(=O)c1csc2ccccc12. The van der Waals surface area contributed by atoms with E-state index in [-0.39, 0.29) is 11.9 Å². The van der Waals surface area contributed by atoms with E-state index in [1.807, 2.05) is 36.6 Å². The van der Waals surface area contributed by atoms with Gasteiger partial charge in [0.15, 0.2) is 0 Å². The first-order chi connectivity index (χ1) is 8.18. The Morgan fingerprint density at radius 1 is 1.47 bits per heavy atom. The van der Waals surface area contributed by atoms with Gasteiger partial charge < -0.3 is 11.1 Å². The summed E-state index contributed by atoms with van der Waals surface area (Å²) in [5, 5.41) is 5.83. The Hall–Kier alpha value is -1.39. The van der Waals surface area contributed by atoms with E-state index in [0.717, 1.165) is 22.1 Å². The Kier molecular flexibility index (Phi) is 3.76. The van der Waals surface area contributed by atoms with Crippen LogP contribution < -0.4 is 11.1 Å². The van der Waals surface area contributed by atoms with Gasteiger partial charge in [0.2, 0.25) is 0 Å². The number of carbonyl (C=O) groups is 1. The third-order valence-corrected chi connectivity index (χ3v) is 3.57. The first kappa shape index (κ1) is 12.1. The van der Waals surface area contributed by atoms with Crippen molar-refractivity contribution >= 4 is 27.3 Å². The molecule has 0 saturated heterocycles. The third kappa shape index (κ3) is 2.84. The van der Waals surface area contributed by atoms with Gasteiger partial charge in [0.25, 0.3) is 5.91 Å². The molecule has 0 radical (unpaired) electrons. The Morgan fingerprint density at radius 2 is 2.24 bits per heavy atom. The van der Waals surface area contributed by atoms with Gasteiger partial charge in [-0.25, -0.2) is 0 Å². The van der Waals surface area contributed by atoms with E-state index >= 15 is 0 Å². The summed E-state index contributed by atoms with van der Waals surface area (Å²) in [6.45, 7) is 2.56. The minimum atomic E-state index is -0.0110. The molecule has 1 amide bonds. The van der Waals surface area contributed by atoms with Crippen LogP contribution in [0, 0.1) is 0 Å². The molecule has 2 rings (SSSR count). The van der Waals surface area contributed by atoms with Crippen molar-refractivity contribution in [3.8, 4) is 0 Å². The zero-order valence-electron chi connectivity index (χ0n) is 9.77. The molecule has 0 saturated carbocycles. The van der Waals surface area contributed by atoms with Gasteiger partial charge in [-0.2, -0.15) is 0 Å². The molecule has 0 aliphatic rings. The van der Waals surface area contributed by atoms with Crippen LogP contribution in [0.25, 0.3) is 10.1 Å². The highest BCUT2D eigenvalue weighted by atomic mass is 32.1. The van der Waals surface area contributed by atoms with Crippen molar-refractivity contribution in [1.82, 2.24) is 5.32 Å². The lowest BCUT2D eigenvalue weighted by molar-refractivity contribution is 0.0955. The van der Waals surface area contributed by atoms with Gasteiger partial charge in [0.05, 0.1) is 5.56 Å². The van der Waals surface area contributed by atoms with Crippen molar-refractivity contribution in [3.05, 3.63) is 35.2 Å². The number of rotatable bonds is 4. The molecule has 0 aliphatic carbocycles. The van der Waals surface area contributed by atoms with Crippen LogP contribution in [0.15, 0.2) is 29.6 Å². The molecule has 0 fully saturated rings. The third-order valence-electron chi connectivity index (χ3n) is 2.61. The zero-order chi connectivity index (χ0) is 12.3. The zero-order valence-corrected chi connectivity index (χ0v) is 10.6. The van der Waals surface area contributed by atoms with Crippen LogP contribution in [0.1, 0.15) is 23.7 Å². The minimum Gasteiger partial charge on any atom is -0.352 e. The molecule has 17 heavy (non-hydrogen) atoms. The van der Waals surface area contributed by atoms with Crippen molar-refractivity contribution in [3.63, 3.8) is 0 Å². The van der Waals surface area contributed by atoms with Gasteiger partial charge in [-0.15, -0.1) is 11.3 Å². The highest BCUT2D eigenvalue weighted by molar-refractivity contribution is 7.17. The molecule has 0 spiro atoms. The molecule has 1 aromatic heterocycles. The monoisotopic (exact) mass is 248 g/mol. The fraction of sp³-hybridized carbons (Fsp3) is 0.308. The molecule has 1 unspecified atom stereocenters. The number of amides is 1. The van der Waals surface area contributed by atoms with Crippen molar-refractivity contribution in [2.75, 3.05) is 6.54 Å². The lowest BCUT2D eigenvalue weighted by Crippen LogP contribution is -2.28. The van der Waals surface area contributed by atoms with Gasteiger partial charge in [0.1, 0.15) is 0 Å². The lowest BCUT2D eigenvalue weighted by atomic mass is 10.1. The van der Waals surface area contributed by atoms with E-state index in [1.54, 1.807) is 11.3 Å². The molecule has 3 N–H and O–H groups in total. The molecular formula is C13H16N2OS. The first-order valence-corrected chi connectivity index (χ1v) is 6.56. The summed E-state index contributed by atoms with van der Waals surface area (Å²) in [6, 6.07) is 8.06. The van der Waals surface area contributed by atoms with Gasteiger partial charge in [-0.1, -0.05) is 18.2 Å². The van der Waals surface area contributed by atoms with E-state index in [2.05, 4.69) is 5.32 Å². The van der Waals surface area contributed by atoms with Crippen LogP contribution in [0.3, 0.4) is 0 Å². The number of benzene rings is 1. The van der Waals surface area contributed by atoms with Crippen LogP contribution in [-0.4, -0.2) is 18.5 Å². The maximum atomic E-state index is 12.0. The highest BCUT2D eigenvalue weighted by Crippen LogP contribution is 2.25. The second kappa shape index (κ2) is 5.29. The quantitative estimate of drug-likeness (QED) is 0.872. The summed E-state index contributed by atoms with van der Waals surface area (Å²) < 4.78 is 1.14. The summed E-state index contributed by atoms with van der Waals surface area (Å²) in [5.74, 6) is -0.0110. The number of fused-ring (bicyclic) bond motifs is 1. The average molecular weight is 248 g/mol. The molecule has 3 nitrogen and oxygen atoms in total. The largest absolute Gasteiger partial charge is 0.352 e. The fourth-order valence-electron chi connectivity index (χ4n) is 1.66. The lowest BCUT2D eigenvalue weighted by Gasteiger charge is -2.06. The van der Waals surface area contributed by atoms with E-state index in [1.165, 1.54) is 0 Å². The van der Waals surface area contributed by atoms with Crippen molar-refractivity contribution in [2.24, 2.45) is 5.73 Å². The molecule has 2 aromatic rings. The molecule has 1 atom stereocenters. The summed E-state index contributed by atoms with van der Waals surface area (Å²) >= 11 is 1.60. The van der Waals surface area contributed by atoms with Crippen LogP contribution in [0.5, 0.6) is 0 Å². The van der Waals surface area contributed by atoms with E-state index in [9.17, 15) is 4.79 Å². The van der Waals surface area contributed by atoms with Crippen LogP contribution in [0.2, 0.25) is 0 Å². The average Bonchev–Trinajstić information content (AvgIpc) is 2.72. The number of nitrogens with one attached hydrogen (secondary N) is 1. The number of hydrogen-bond donors (Lipinski definition) is 2.